The van der Waals surface area contributed by atoms with E-state index in [1.54, 1.807) is 4.90 Å². The number of nitrogens with zero attached hydrogens (tertiary/aromatic N) is 2. The molecule has 0 bridgehead atoms. The molecule has 1 aromatic carbocycles. The van der Waals surface area contributed by atoms with E-state index >= 15 is 0 Å². The van der Waals surface area contributed by atoms with Crippen LogP contribution in [-0.4, -0.2) is 34.3 Å². The van der Waals surface area contributed by atoms with Crippen molar-refractivity contribution in [3.63, 3.8) is 0 Å². The number of carbonyl (C=O) groups excluding carboxylic acids is 2. The number of hydrogen-bond donors (Lipinski definition) is 1. The Morgan fingerprint density at radius 2 is 2.04 bits per heavy atom. The van der Waals surface area contributed by atoms with E-state index in [0.29, 0.717) is 37.3 Å². The van der Waals surface area contributed by atoms with Crippen LogP contribution in [0.3, 0.4) is 0 Å². The van der Waals surface area contributed by atoms with E-state index in [2.05, 4.69) is 10.3 Å². The smallest absolute Gasteiger partial charge is 0.226 e. The van der Waals surface area contributed by atoms with Crippen LogP contribution in [0, 0.1) is 11.6 Å². The van der Waals surface area contributed by atoms with Crippen LogP contribution in [0.15, 0.2) is 22.6 Å². The molecule has 1 atom stereocenters. The van der Waals surface area contributed by atoms with Gasteiger partial charge < -0.3 is 14.6 Å². The van der Waals surface area contributed by atoms with Crippen molar-refractivity contribution in [1.29, 1.82) is 0 Å². The number of carbonyl (C=O) groups is 2. The first-order valence-electron chi connectivity index (χ1n) is 8.50. The maximum Gasteiger partial charge on any atom is 0.226 e. The first-order chi connectivity index (χ1) is 12.5. The molecule has 4 rings (SSSR count). The normalized spacial score (nSPS) is 19.4. The van der Waals surface area contributed by atoms with Gasteiger partial charge in [0.15, 0.2) is 0 Å². The fourth-order valence-electron chi connectivity index (χ4n) is 3.38. The van der Waals surface area contributed by atoms with Crippen LogP contribution < -0.4 is 5.32 Å². The molecule has 0 aliphatic carbocycles. The summed E-state index contributed by atoms with van der Waals surface area (Å²) in [6, 6.07) is 2.99. The predicted octanol–water partition coefficient (Wildman–Crippen LogP) is 2.17. The first kappa shape index (κ1) is 16.7. The molecule has 1 fully saturated rings. The molecule has 0 spiro atoms. The second-order valence-corrected chi connectivity index (χ2v) is 6.62. The number of rotatable bonds is 3. The molecule has 26 heavy (non-hydrogen) atoms. The third-order valence-corrected chi connectivity index (χ3v) is 4.70. The summed E-state index contributed by atoms with van der Waals surface area (Å²) in [5, 5.41) is 2.79. The lowest BCUT2D eigenvalue weighted by molar-refractivity contribution is -0.132. The van der Waals surface area contributed by atoms with E-state index in [1.165, 1.54) is 0 Å². The van der Waals surface area contributed by atoms with Crippen molar-refractivity contribution in [2.75, 3.05) is 6.54 Å². The van der Waals surface area contributed by atoms with Gasteiger partial charge in [-0.3, -0.25) is 9.59 Å². The lowest BCUT2D eigenvalue weighted by atomic mass is 10.1. The van der Waals surface area contributed by atoms with Crippen molar-refractivity contribution < 1.29 is 22.8 Å². The number of benzene rings is 1. The van der Waals surface area contributed by atoms with Crippen LogP contribution >= 0.6 is 0 Å². The van der Waals surface area contributed by atoms with Gasteiger partial charge in [-0.1, -0.05) is 0 Å². The van der Waals surface area contributed by atoms with Crippen LogP contribution in [0.5, 0.6) is 0 Å². The Bertz CT molecular complexity index is 860. The molecule has 1 N–H and O–H groups in total. The molecule has 6 nitrogen and oxygen atoms in total. The fraction of sp³-hybridized carbons (Fsp3) is 0.389. The van der Waals surface area contributed by atoms with Gasteiger partial charge >= 0.3 is 0 Å². The zero-order chi connectivity index (χ0) is 18.3. The summed E-state index contributed by atoms with van der Waals surface area (Å²) in [6.45, 7) is 0.773. The van der Waals surface area contributed by atoms with Crippen LogP contribution in [0.4, 0.5) is 8.78 Å². The van der Waals surface area contributed by atoms with Crippen LogP contribution in [0.25, 0.3) is 11.5 Å². The molecule has 2 aliphatic heterocycles. The quantitative estimate of drug-likeness (QED) is 0.909. The van der Waals surface area contributed by atoms with Crippen molar-refractivity contribution >= 4 is 11.8 Å². The molecular formula is C18H17F2N3O3. The third kappa shape index (κ3) is 3.31. The number of nitrogens with one attached hydrogen (secondary N) is 1. The van der Waals surface area contributed by atoms with Gasteiger partial charge in [-0.05, 0) is 18.6 Å². The molecule has 1 saturated heterocycles. The Balaban J connectivity index is 1.48. The van der Waals surface area contributed by atoms with E-state index < -0.39 is 11.6 Å². The van der Waals surface area contributed by atoms with Crippen molar-refractivity contribution in [3.05, 3.63) is 41.3 Å². The second-order valence-electron chi connectivity index (χ2n) is 6.62. The molecule has 2 aromatic rings. The van der Waals surface area contributed by atoms with E-state index in [9.17, 15) is 18.4 Å². The Hall–Kier alpha value is -2.77. The highest BCUT2D eigenvalue weighted by Crippen LogP contribution is 2.27. The van der Waals surface area contributed by atoms with Gasteiger partial charge in [0.25, 0.3) is 0 Å². The van der Waals surface area contributed by atoms with Crippen molar-refractivity contribution in [2.45, 2.75) is 38.3 Å². The molecule has 0 radical (unpaired) electrons. The summed E-state index contributed by atoms with van der Waals surface area (Å²) in [4.78, 5) is 29.7. The highest BCUT2D eigenvalue weighted by Gasteiger charge is 2.29. The fourth-order valence-corrected chi connectivity index (χ4v) is 3.38. The second kappa shape index (κ2) is 6.51. The Kier molecular flexibility index (Phi) is 4.18. The summed E-state index contributed by atoms with van der Waals surface area (Å²) in [6.07, 6.45) is 1.88. The summed E-state index contributed by atoms with van der Waals surface area (Å²) >= 11 is 0. The Morgan fingerprint density at radius 3 is 2.73 bits per heavy atom. The van der Waals surface area contributed by atoms with Crippen molar-refractivity contribution in [2.24, 2.45) is 0 Å². The van der Waals surface area contributed by atoms with Gasteiger partial charge in [0.1, 0.15) is 23.1 Å². The number of halogens is 2. The summed E-state index contributed by atoms with van der Waals surface area (Å²) in [7, 11) is 0. The van der Waals surface area contributed by atoms with E-state index in [1.807, 2.05) is 0 Å². The van der Waals surface area contributed by atoms with E-state index in [4.69, 9.17) is 4.42 Å². The van der Waals surface area contributed by atoms with Crippen molar-refractivity contribution in [3.8, 4) is 11.5 Å². The van der Waals surface area contributed by atoms with Gasteiger partial charge in [-0.2, -0.15) is 0 Å². The average Bonchev–Trinajstić information content (AvgIpc) is 3.19. The number of hydrogen-bond acceptors (Lipinski definition) is 4. The predicted molar refractivity (Wildman–Crippen MR) is 86.8 cm³/mol. The Labute approximate surface area is 148 Å². The number of oxazole rings is 1. The lowest BCUT2D eigenvalue weighted by Crippen LogP contribution is -2.39. The highest BCUT2D eigenvalue weighted by atomic mass is 19.1. The van der Waals surface area contributed by atoms with Gasteiger partial charge in [0.2, 0.25) is 17.7 Å². The molecule has 2 aliphatic rings. The molecule has 3 heterocycles. The number of fused-ring (bicyclic) bond motifs is 1. The zero-order valence-corrected chi connectivity index (χ0v) is 13.9. The maximum absolute atomic E-state index is 13.4. The van der Waals surface area contributed by atoms with Crippen molar-refractivity contribution in [1.82, 2.24) is 15.2 Å². The van der Waals surface area contributed by atoms with Crippen LogP contribution in [0.2, 0.25) is 0 Å². The minimum Gasteiger partial charge on any atom is -0.441 e. The minimum atomic E-state index is -0.702. The van der Waals surface area contributed by atoms with E-state index in [0.717, 1.165) is 18.2 Å². The molecule has 0 saturated carbocycles. The zero-order valence-electron chi connectivity index (χ0n) is 13.9. The standard InChI is InChI=1S/C18H17F2N3O3/c19-11-5-10(6-12(20)7-11)18-22-14-9-23(4-3-15(14)26-18)17(25)8-13-1-2-16(24)21-13/h5-7,13H,1-4,8-9H2,(H,21,24)/t13-/m1/s1. The molecule has 1 aromatic heterocycles. The van der Waals surface area contributed by atoms with Gasteiger partial charge in [-0.25, -0.2) is 13.8 Å². The summed E-state index contributed by atoms with van der Waals surface area (Å²) in [5.74, 6) is -0.705. The highest BCUT2D eigenvalue weighted by molar-refractivity contribution is 5.82. The molecule has 8 heteroatoms. The number of amides is 2. The maximum atomic E-state index is 13.4. The van der Waals surface area contributed by atoms with Crippen LogP contribution in [0.1, 0.15) is 30.7 Å². The van der Waals surface area contributed by atoms with Gasteiger partial charge in [0, 0.05) is 43.5 Å². The SMILES string of the molecule is O=C1CC[C@H](CC(=O)N2CCc3oc(-c4cc(F)cc(F)c4)nc3C2)N1. The average molecular weight is 361 g/mol. The molecular weight excluding hydrogens is 344 g/mol. The molecule has 0 unspecified atom stereocenters. The summed E-state index contributed by atoms with van der Waals surface area (Å²) in [5.41, 5.74) is 0.822. The van der Waals surface area contributed by atoms with E-state index in [-0.39, 0.29) is 42.3 Å². The van der Waals surface area contributed by atoms with Gasteiger partial charge in [0.05, 0.1) is 6.54 Å². The Morgan fingerprint density at radius 1 is 1.27 bits per heavy atom. The minimum absolute atomic E-state index is 0.0211. The molecule has 136 valence electrons. The topological polar surface area (TPSA) is 75.4 Å². The first-order valence-corrected chi connectivity index (χ1v) is 8.50. The monoisotopic (exact) mass is 361 g/mol. The third-order valence-electron chi connectivity index (χ3n) is 4.70. The van der Waals surface area contributed by atoms with Crippen LogP contribution in [-0.2, 0) is 22.6 Å². The largest absolute Gasteiger partial charge is 0.441 e. The summed E-state index contributed by atoms with van der Waals surface area (Å²) < 4.78 is 32.4. The lowest BCUT2D eigenvalue weighted by Gasteiger charge is -2.26. The number of aromatic nitrogens is 1. The van der Waals surface area contributed by atoms with Gasteiger partial charge in [-0.15, -0.1) is 0 Å². The molecule has 2 amide bonds.